The Kier molecular flexibility index (Phi) is 2.80. The summed E-state index contributed by atoms with van der Waals surface area (Å²) < 4.78 is 0. The predicted molar refractivity (Wildman–Crippen MR) is 46.8 cm³/mol. The van der Waals surface area contributed by atoms with Gasteiger partial charge >= 0.3 is 11.7 Å². The van der Waals surface area contributed by atoms with E-state index in [9.17, 15) is 4.79 Å². The van der Waals surface area contributed by atoms with Crippen molar-refractivity contribution in [1.82, 2.24) is 0 Å². The molecule has 0 amide bonds. The third-order valence-corrected chi connectivity index (χ3v) is 1.76. The van der Waals surface area contributed by atoms with Crippen LogP contribution in [-0.2, 0) is 4.79 Å². The minimum atomic E-state index is -1.32. The van der Waals surface area contributed by atoms with Gasteiger partial charge in [0.2, 0.25) is 0 Å². The molecule has 0 heterocycles. The van der Waals surface area contributed by atoms with E-state index < -0.39 is 11.7 Å². The topological polar surface area (TPSA) is 73.7 Å². The zero-order chi connectivity index (χ0) is 9.84. The molecule has 0 spiro atoms. The third kappa shape index (κ3) is 1.93. The minimum Gasteiger partial charge on any atom is -0.472 e. The van der Waals surface area contributed by atoms with Gasteiger partial charge in [0.25, 0.3) is 0 Å². The first-order chi connectivity index (χ1) is 6.16. The molecule has 0 aromatic heterocycles. The van der Waals surface area contributed by atoms with Gasteiger partial charge in [0.1, 0.15) is 0 Å². The van der Waals surface area contributed by atoms with Crippen LogP contribution in [0.2, 0.25) is 5.02 Å². The second kappa shape index (κ2) is 3.85. The number of halogens is 1. The fourth-order valence-electron chi connectivity index (χ4n) is 0.865. The number of benzene rings is 1. The standard InChI is InChI=1S/C8H5ClN2O2/c9-6-4-2-1-3-5(6)7(11-10)8(12)13/h1-4H,(H,12,13). The van der Waals surface area contributed by atoms with Crippen molar-refractivity contribution in [1.29, 1.82) is 0 Å². The Hall–Kier alpha value is -1.64. The molecule has 66 valence electrons. The lowest BCUT2D eigenvalue weighted by Gasteiger charge is -1.94. The highest BCUT2D eigenvalue weighted by molar-refractivity contribution is 6.45. The summed E-state index contributed by atoms with van der Waals surface area (Å²) in [6.07, 6.45) is 0. The van der Waals surface area contributed by atoms with Gasteiger partial charge in [-0.15, -0.1) is 0 Å². The number of carboxylic acid groups (broad SMARTS) is 1. The highest BCUT2D eigenvalue weighted by Crippen LogP contribution is 2.14. The van der Waals surface area contributed by atoms with Gasteiger partial charge in [0.15, 0.2) is 0 Å². The average molecular weight is 197 g/mol. The molecule has 0 radical (unpaired) electrons. The average Bonchev–Trinajstić information content (AvgIpc) is 2.09. The Morgan fingerprint density at radius 2 is 2.08 bits per heavy atom. The minimum absolute atomic E-state index is 0.194. The van der Waals surface area contributed by atoms with E-state index in [0.29, 0.717) is 0 Å². The number of rotatable bonds is 2. The number of aliphatic carboxylic acids is 1. The largest absolute Gasteiger partial charge is 0.472 e. The molecule has 1 aromatic rings. The first kappa shape index (κ1) is 9.45. The maximum Gasteiger partial charge on any atom is 0.419 e. The van der Waals surface area contributed by atoms with Gasteiger partial charge in [-0.05, 0) is 12.1 Å². The molecule has 1 N–H and O–H groups in total. The SMILES string of the molecule is [N-]=[N+]=C(C(=O)O)c1ccccc1Cl. The Balaban J connectivity index is 3.29. The smallest absolute Gasteiger partial charge is 0.419 e. The summed E-state index contributed by atoms with van der Waals surface area (Å²) in [4.78, 5) is 13.2. The summed E-state index contributed by atoms with van der Waals surface area (Å²) in [5.41, 5.74) is 8.15. The van der Waals surface area contributed by atoms with Crippen molar-refractivity contribution < 1.29 is 14.7 Å². The third-order valence-electron chi connectivity index (χ3n) is 1.43. The van der Waals surface area contributed by atoms with Crippen LogP contribution >= 0.6 is 11.6 Å². The second-order valence-corrected chi connectivity index (χ2v) is 2.64. The molecule has 0 unspecified atom stereocenters. The fourth-order valence-corrected chi connectivity index (χ4v) is 1.09. The van der Waals surface area contributed by atoms with Gasteiger partial charge in [-0.25, -0.2) is 4.79 Å². The van der Waals surface area contributed by atoms with Crippen LogP contribution in [0.15, 0.2) is 24.3 Å². The molecule has 0 fully saturated rings. The summed E-state index contributed by atoms with van der Waals surface area (Å²) in [5, 5.41) is 8.84. The normalized spacial score (nSPS) is 9.00. The first-order valence-corrected chi connectivity index (χ1v) is 3.75. The van der Waals surface area contributed by atoms with E-state index in [1.54, 1.807) is 12.1 Å². The molecule has 0 aliphatic heterocycles. The van der Waals surface area contributed by atoms with Crippen molar-refractivity contribution in [2.45, 2.75) is 0 Å². The molecule has 5 heteroatoms. The van der Waals surface area contributed by atoms with Crippen molar-refractivity contribution in [2.24, 2.45) is 0 Å². The van der Waals surface area contributed by atoms with Crippen LogP contribution in [0.5, 0.6) is 0 Å². The molecule has 0 aliphatic carbocycles. The summed E-state index contributed by atoms with van der Waals surface area (Å²) in [5.74, 6) is -1.32. The van der Waals surface area contributed by atoms with Gasteiger partial charge in [-0.3, -0.25) is 0 Å². The van der Waals surface area contributed by atoms with E-state index in [1.165, 1.54) is 12.1 Å². The Morgan fingerprint density at radius 3 is 2.54 bits per heavy atom. The van der Waals surface area contributed by atoms with E-state index in [2.05, 4.69) is 4.79 Å². The fraction of sp³-hybridized carbons (Fsp3) is 0. The van der Waals surface area contributed by atoms with Crippen molar-refractivity contribution in [3.05, 3.63) is 40.4 Å². The lowest BCUT2D eigenvalue weighted by Crippen LogP contribution is -2.15. The van der Waals surface area contributed by atoms with Crippen LogP contribution in [0.25, 0.3) is 5.53 Å². The van der Waals surface area contributed by atoms with Crippen molar-refractivity contribution in [2.75, 3.05) is 0 Å². The number of carboxylic acids is 1. The quantitative estimate of drug-likeness (QED) is 0.442. The lowest BCUT2D eigenvalue weighted by atomic mass is 10.1. The molecular formula is C8H5ClN2O2. The van der Waals surface area contributed by atoms with Crippen molar-refractivity contribution in [3.63, 3.8) is 0 Å². The van der Waals surface area contributed by atoms with Gasteiger partial charge in [-0.1, -0.05) is 23.7 Å². The number of carbonyl (C=O) groups is 1. The Bertz CT molecular complexity index is 397. The van der Waals surface area contributed by atoms with E-state index in [4.69, 9.17) is 22.2 Å². The van der Waals surface area contributed by atoms with E-state index in [-0.39, 0.29) is 10.6 Å². The summed E-state index contributed by atoms with van der Waals surface area (Å²) in [6, 6.07) is 6.24. The molecule has 0 saturated heterocycles. The molecule has 1 rings (SSSR count). The molecule has 13 heavy (non-hydrogen) atoms. The molecule has 0 atom stereocenters. The van der Waals surface area contributed by atoms with Crippen LogP contribution < -0.4 is 0 Å². The maximum absolute atomic E-state index is 10.5. The monoisotopic (exact) mass is 196 g/mol. The zero-order valence-corrected chi connectivity index (χ0v) is 7.19. The van der Waals surface area contributed by atoms with Gasteiger partial charge < -0.3 is 10.6 Å². The number of hydrogen-bond acceptors (Lipinski definition) is 1. The molecular weight excluding hydrogens is 192 g/mol. The number of hydrogen-bond donors (Lipinski definition) is 1. The first-order valence-electron chi connectivity index (χ1n) is 3.37. The van der Waals surface area contributed by atoms with Crippen LogP contribution in [0.3, 0.4) is 0 Å². The molecule has 0 saturated carbocycles. The van der Waals surface area contributed by atoms with Gasteiger partial charge in [0.05, 0.1) is 10.6 Å². The zero-order valence-electron chi connectivity index (χ0n) is 6.44. The highest BCUT2D eigenvalue weighted by Gasteiger charge is 2.23. The number of nitrogens with zero attached hydrogens (tertiary/aromatic N) is 2. The van der Waals surface area contributed by atoms with Crippen LogP contribution in [0, 0.1) is 0 Å². The summed E-state index contributed by atoms with van der Waals surface area (Å²) >= 11 is 5.69. The van der Waals surface area contributed by atoms with Crippen LogP contribution in [0.4, 0.5) is 0 Å². The van der Waals surface area contributed by atoms with Crippen molar-refractivity contribution in [3.8, 4) is 0 Å². The van der Waals surface area contributed by atoms with E-state index in [1.807, 2.05) is 0 Å². The molecule has 0 bridgehead atoms. The lowest BCUT2D eigenvalue weighted by molar-refractivity contribution is -0.133. The summed E-state index contributed by atoms with van der Waals surface area (Å²) in [6.45, 7) is 0. The molecule has 4 nitrogen and oxygen atoms in total. The van der Waals surface area contributed by atoms with Crippen LogP contribution in [0.1, 0.15) is 5.56 Å². The molecule has 0 aliphatic rings. The highest BCUT2D eigenvalue weighted by atomic mass is 35.5. The predicted octanol–water partition coefficient (Wildman–Crippen LogP) is 1.44. The second-order valence-electron chi connectivity index (χ2n) is 2.23. The van der Waals surface area contributed by atoms with Gasteiger partial charge in [-0.2, -0.15) is 4.79 Å². The Labute approximate surface area is 79.0 Å². The van der Waals surface area contributed by atoms with Gasteiger partial charge in [0, 0.05) is 0 Å². The van der Waals surface area contributed by atoms with E-state index >= 15 is 0 Å². The van der Waals surface area contributed by atoms with Crippen molar-refractivity contribution >= 4 is 23.3 Å². The van der Waals surface area contributed by atoms with Crippen LogP contribution in [-0.4, -0.2) is 21.6 Å². The van der Waals surface area contributed by atoms with E-state index in [0.717, 1.165) is 0 Å². The maximum atomic E-state index is 10.5. The Morgan fingerprint density at radius 1 is 1.46 bits per heavy atom. The summed E-state index contributed by atoms with van der Waals surface area (Å²) in [7, 11) is 0. The molecule has 1 aromatic carbocycles.